The minimum absolute atomic E-state index is 0. The molecule has 0 bridgehead atoms. The number of hydrogen-bond acceptors (Lipinski definition) is 5. The Morgan fingerprint density at radius 1 is 1.22 bits per heavy atom. The maximum Gasteiger partial charge on any atom is 0.163 e. The summed E-state index contributed by atoms with van der Waals surface area (Å²) in [6.07, 6.45) is 1.35. The van der Waals surface area contributed by atoms with Gasteiger partial charge in [-0.2, -0.15) is 0 Å². The van der Waals surface area contributed by atoms with Crippen LogP contribution in [0.5, 0.6) is 11.5 Å². The van der Waals surface area contributed by atoms with Crippen LogP contribution in [0.1, 0.15) is 24.4 Å². The Morgan fingerprint density at radius 3 is 2.39 bits per heavy atom. The number of benzene rings is 1. The molecule has 23 heavy (non-hydrogen) atoms. The number of aliphatic hydroxyl groups excluding tert-OH is 1. The van der Waals surface area contributed by atoms with Gasteiger partial charge in [-0.15, -0.1) is 12.4 Å². The maximum atomic E-state index is 14.5. The average molecular weight is 349 g/mol. The molecule has 0 unspecified atom stereocenters. The smallest absolute Gasteiger partial charge is 0.163 e. The SMILES string of the molecule is COc1cc(F)c([C@@H](CCCO)N2CCNCC2)cc1OC.Cl. The number of methoxy groups -OCH3 is 2. The summed E-state index contributed by atoms with van der Waals surface area (Å²) < 4.78 is 25.0. The number of rotatable bonds is 7. The molecule has 0 spiro atoms. The first kappa shape index (κ1) is 20.0. The zero-order valence-corrected chi connectivity index (χ0v) is 14.5. The summed E-state index contributed by atoms with van der Waals surface area (Å²) in [7, 11) is 3.05. The zero-order chi connectivity index (χ0) is 15.9. The molecule has 0 aromatic heterocycles. The van der Waals surface area contributed by atoms with Crippen LogP contribution in [0.4, 0.5) is 4.39 Å². The fourth-order valence-corrected chi connectivity index (χ4v) is 2.94. The van der Waals surface area contributed by atoms with Gasteiger partial charge in [-0.25, -0.2) is 4.39 Å². The van der Waals surface area contributed by atoms with Crippen molar-refractivity contribution < 1.29 is 19.0 Å². The molecule has 1 aliphatic rings. The molecule has 0 aliphatic carbocycles. The van der Waals surface area contributed by atoms with E-state index in [9.17, 15) is 4.39 Å². The molecule has 1 fully saturated rings. The van der Waals surface area contributed by atoms with Gasteiger partial charge in [-0.3, -0.25) is 4.90 Å². The van der Waals surface area contributed by atoms with Crippen LogP contribution in [0.15, 0.2) is 12.1 Å². The molecule has 0 saturated carbocycles. The lowest BCUT2D eigenvalue weighted by Gasteiger charge is -2.35. The number of ether oxygens (including phenoxy) is 2. The molecule has 132 valence electrons. The van der Waals surface area contributed by atoms with E-state index in [0.29, 0.717) is 29.9 Å². The van der Waals surface area contributed by atoms with Crippen molar-refractivity contribution in [3.8, 4) is 11.5 Å². The highest BCUT2D eigenvalue weighted by atomic mass is 35.5. The molecule has 0 amide bonds. The monoisotopic (exact) mass is 348 g/mol. The zero-order valence-electron chi connectivity index (χ0n) is 13.7. The lowest BCUT2D eigenvalue weighted by Crippen LogP contribution is -2.45. The van der Waals surface area contributed by atoms with Crippen molar-refractivity contribution in [1.29, 1.82) is 0 Å². The summed E-state index contributed by atoms with van der Waals surface area (Å²) >= 11 is 0. The van der Waals surface area contributed by atoms with Gasteiger partial charge in [0.05, 0.1) is 14.2 Å². The fraction of sp³-hybridized carbons (Fsp3) is 0.625. The summed E-state index contributed by atoms with van der Waals surface area (Å²) in [5, 5.41) is 12.4. The Hall–Kier alpha value is -1.08. The first-order valence-corrected chi connectivity index (χ1v) is 7.68. The summed E-state index contributed by atoms with van der Waals surface area (Å²) in [6, 6.07) is 3.04. The first-order chi connectivity index (χ1) is 10.7. The van der Waals surface area contributed by atoms with Crippen LogP contribution in [0.3, 0.4) is 0 Å². The van der Waals surface area contributed by atoms with Crippen molar-refractivity contribution >= 4 is 12.4 Å². The second-order valence-electron chi connectivity index (χ2n) is 5.40. The van der Waals surface area contributed by atoms with Gasteiger partial charge < -0.3 is 19.9 Å². The van der Waals surface area contributed by atoms with Gasteiger partial charge in [0, 0.05) is 50.5 Å². The minimum atomic E-state index is -0.292. The van der Waals surface area contributed by atoms with Crippen LogP contribution >= 0.6 is 12.4 Å². The quantitative estimate of drug-likeness (QED) is 0.789. The standard InChI is InChI=1S/C16H25FN2O3.ClH/c1-21-15-10-12(13(17)11-16(15)22-2)14(4-3-9-20)19-7-5-18-6-8-19;/h10-11,14,18,20H,3-9H2,1-2H3;1H/t14-;/m1./s1. The van der Waals surface area contributed by atoms with Crippen LogP contribution in [0.2, 0.25) is 0 Å². The lowest BCUT2D eigenvalue weighted by atomic mass is 9.98. The highest BCUT2D eigenvalue weighted by Crippen LogP contribution is 2.36. The van der Waals surface area contributed by atoms with Gasteiger partial charge in [0.15, 0.2) is 11.5 Å². The lowest BCUT2D eigenvalue weighted by molar-refractivity contribution is 0.151. The first-order valence-electron chi connectivity index (χ1n) is 7.68. The van der Waals surface area contributed by atoms with E-state index in [2.05, 4.69) is 10.2 Å². The number of hydrogen-bond donors (Lipinski definition) is 2. The second kappa shape index (κ2) is 9.93. The van der Waals surface area contributed by atoms with Crippen LogP contribution < -0.4 is 14.8 Å². The predicted molar refractivity (Wildman–Crippen MR) is 90.3 cm³/mol. The van der Waals surface area contributed by atoms with E-state index in [1.807, 2.05) is 0 Å². The van der Waals surface area contributed by atoms with Gasteiger partial charge in [0.1, 0.15) is 5.82 Å². The molecule has 0 radical (unpaired) electrons. The van der Waals surface area contributed by atoms with Crippen molar-refractivity contribution in [2.75, 3.05) is 47.0 Å². The Bertz CT molecular complexity index is 485. The van der Waals surface area contributed by atoms with Crippen LogP contribution in [-0.4, -0.2) is 57.0 Å². The Morgan fingerprint density at radius 2 is 1.83 bits per heavy atom. The van der Waals surface area contributed by atoms with E-state index >= 15 is 0 Å². The molecule has 1 aliphatic heterocycles. The predicted octanol–water partition coefficient (Wildman–Crippen LogP) is 1.98. The van der Waals surface area contributed by atoms with Gasteiger partial charge in [-0.1, -0.05) is 0 Å². The average Bonchev–Trinajstić information content (AvgIpc) is 2.57. The Balaban J connectivity index is 0.00000264. The number of halogens is 2. The maximum absolute atomic E-state index is 14.5. The highest BCUT2D eigenvalue weighted by molar-refractivity contribution is 5.85. The van der Waals surface area contributed by atoms with Crippen molar-refractivity contribution in [2.45, 2.75) is 18.9 Å². The van der Waals surface area contributed by atoms with Crippen molar-refractivity contribution in [3.63, 3.8) is 0 Å². The molecular formula is C16H26ClFN2O3. The largest absolute Gasteiger partial charge is 0.493 e. The molecule has 1 atom stereocenters. The third-order valence-electron chi connectivity index (χ3n) is 4.09. The molecule has 1 aromatic carbocycles. The molecule has 1 heterocycles. The normalized spacial score (nSPS) is 16.5. The topological polar surface area (TPSA) is 54.0 Å². The number of nitrogens with zero attached hydrogens (tertiary/aromatic N) is 1. The number of nitrogens with one attached hydrogen (secondary N) is 1. The Labute approximate surface area is 143 Å². The molecule has 1 aromatic rings. The molecule has 7 heteroatoms. The van der Waals surface area contributed by atoms with E-state index in [0.717, 1.165) is 26.2 Å². The van der Waals surface area contributed by atoms with E-state index in [-0.39, 0.29) is 30.9 Å². The van der Waals surface area contributed by atoms with Crippen molar-refractivity contribution in [3.05, 3.63) is 23.5 Å². The molecule has 5 nitrogen and oxygen atoms in total. The van der Waals surface area contributed by atoms with E-state index in [1.54, 1.807) is 13.2 Å². The van der Waals surface area contributed by atoms with Gasteiger partial charge in [0.25, 0.3) is 0 Å². The molecule has 2 N–H and O–H groups in total. The molecule has 1 saturated heterocycles. The number of aliphatic hydroxyl groups is 1. The summed E-state index contributed by atoms with van der Waals surface area (Å²) in [5.41, 5.74) is 0.605. The van der Waals surface area contributed by atoms with Crippen LogP contribution in [0.25, 0.3) is 0 Å². The molecule has 2 rings (SSSR count). The van der Waals surface area contributed by atoms with Crippen LogP contribution in [0, 0.1) is 5.82 Å². The van der Waals surface area contributed by atoms with Crippen LogP contribution in [-0.2, 0) is 0 Å². The third-order valence-corrected chi connectivity index (χ3v) is 4.09. The highest BCUT2D eigenvalue weighted by Gasteiger charge is 2.26. The van der Waals surface area contributed by atoms with E-state index < -0.39 is 0 Å². The van der Waals surface area contributed by atoms with Gasteiger partial charge in [-0.05, 0) is 18.9 Å². The van der Waals surface area contributed by atoms with E-state index in [1.165, 1.54) is 13.2 Å². The third kappa shape index (κ3) is 4.94. The van der Waals surface area contributed by atoms with Crippen molar-refractivity contribution in [1.82, 2.24) is 10.2 Å². The fourth-order valence-electron chi connectivity index (χ4n) is 2.94. The number of piperazine rings is 1. The minimum Gasteiger partial charge on any atom is -0.493 e. The van der Waals surface area contributed by atoms with Gasteiger partial charge >= 0.3 is 0 Å². The second-order valence-corrected chi connectivity index (χ2v) is 5.40. The van der Waals surface area contributed by atoms with E-state index in [4.69, 9.17) is 14.6 Å². The van der Waals surface area contributed by atoms with Crippen molar-refractivity contribution in [2.24, 2.45) is 0 Å². The Kier molecular flexibility index (Phi) is 8.62. The summed E-state index contributed by atoms with van der Waals surface area (Å²) in [5.74, 6) is 0.632. The summed E-state index contributed by atoms with van der Waals surface area (Å²) in [6.45, 7) is 3.63. The van der Waals surface area contributed by atoms with Gasteiger partial charge in [0.2, 0.25) is 0 Å². The summed E-state index contributed by atoms with van der Waals surface area (Å²) in [4.78, 5) is 2.26. The molecular weight excluding hydrogens is 323 g/mol.